The fourth-order valence-electron chi connectivity index (χ4n) is 4.67. The number of carbonyl (C=O) groups excluding carboxylic acids is 1. The number of hydrogen-bond donors (Lipinski definition) is 0. The highest BCUT2D eigenvalue weighted by Crippen LogP contribution is 2.38. The van der Waals surface area contributed by atoms with E-state index in [-0.39, 0.29) is 17.4 Å². The SMILES string of the molecule is CCOc1ccc(C(=O)N(C)CCCOc2ccccc2C(C)N(c2cc(F)ccc2F)S(=O)(=O)c2ccc(Cl)cc2)cc1. The van der Waals surface area contributed by atoms with Gasteiger partial charge in [-0.05, 0) is 87.0 Å². The zero-order valence-corrected chi connectivity index (χ0v) is 26.1. The van der Waals surface area contributed by atoms with Gasteiger partial charge in [-0.25, -0.2) is 17.2 Å². The van der Waals surface area contributed by atoms with Gasteiger partial charge in [0.25, 0.3) is 15.9 Å². The second-order valence-electron chi connectivity index (χ2n) is 9.95. The van der Waals surface area contributed by atoms with Crippen LogP contribution in [0.3, 0.4) is 0 Å². The van der Waals surface area contributed by atoms with Crippen LogP contribution >= 0.6 is 11.6 Å². The number of ether oxygens (including phenoxy) is 2. The van der Waals surface area contributed by atoms with Crippen LogP contribution < -0.4 is 13.8 Å². The lowest BCUT2D eigenvalue weighted by atomic mass is 10.1. The molecule has 0 saturated heterocycles. The van der Waals surface area contributed by atoms with Crippen LogP contribution in [0.15, 0.2) is 95.9 Å². The van der Waals surface area contributed by atoms with Crippen molar-refractivity contribution in [3.05, 3.63) is 119 Å². The number of amides is 1. The summed E-state index contributed by atoms with van der Waals surface area (Å²) in [4.78, 5) is 14.3. The topological polar surface area (TPSA) is 76.2 Å². The van der Waals surface area contributed by atoms with Gasteiger partial charge in [0, 0.05) is 35.8 Å². The third kappa shape index (κ3) is 7.67. The normalized spacial score (nSPS) is 12.0. The van der Waals surface area contributed by atoms with Crippen LogP contribution in [0.5, 0.6) is 11.5 Å². The summed E-state index contributed by atoms with van der Waals surface area (Å²) in [7, 11) is -2.70. The van der Waals surface area contributed by atoms with Crippen molar-refractivity contribution < 1.29 is 31.5 Å². The average Bonchev–Trinajstić information content (AvgIpc) is 3.01. The molecule has 0 aliphatic heterocycles. The van der Waals surface area contributed by atoms with Gasteiger partial charge in [0.1, 0.15) is 23.1 Å². The standard InChI is InChI=1S/C33H33ClF2N2O5S/c1-4-42-27-15-10-24(11-16-27)33(39)37(3)20-7-21-43-32-9-6-5-8-29(32)23(2)38(31-22-26(35)14-19-30(31)36)44(40,41)28-17-12-25(34)13-18-28/h5-6,8-19,22-23H,4,7,20-21H2,1-3H3. The Labute approximate surface area is 261 Å². The third-order valence-electron chi connectivity index (χ3n) is 6.89. The molecule has 4 rings (SSSR count). The molecule has 232 valence electrons. The molecule has 0 bridgehead atoms. The molecular formula is C33H33ClF2N2O5S. The number of sulfonamides is 1. The minimum atomic E-state index is -4.39. The molecule has 0 heterocycles. The number of para-hydroxylation sites is 1. The van der Waals surface area contributed by atoms with E-state index in [0.29, 0.717) is 47.2 Å². The molecule has 0 radical (unpaired) electrons. The van der Waals surface area contributed by atoms with Gasteiger partial charge in [-0.15, -0.1) is 0 Å². The Morgan fingerprint density at radius 1 is 0.932 bits per heavy atom. The fraction of sp³-hybridized carbons (Fsp3) is 0.242. The van der Waals surface area contributed by atoms with E-state index in [1.54, 1.807) is 67.4 Å². The highest BCUT2D eigenvalue weighted by Gasteiger charge is 2.34. The highest BCUT2D eigenvalue weighted by atomic mass is 35.5. The predicted octanol–water partition coefficient (Wildman–Crippen LogP) is 7.51. The van der Waals surface area contributed by atoms with Gasteiger partial charge < -0.3 is 14.4 Å². The van der Waals surface area contributed by atoms with Gasteiger partial charge in [-0.2, -0.15) is 0 Å². The Morgan fingerprint density at radius 2 is 1.61 bits per heavy atom. The Hall–Kier alpha value is -4.15. The molecule has 0 saturated carbocycles. The first kappa shape index (κ1) is 32.8. The number of benzene rings is 4. The van der Waals surface area contributed by atoms with Gasteiger partial charge in [0.2, 0.25) is 0 Å². The summed E-state index contributed by atoms with van der Waals surface area (Å²) >= 11 is 5.97. The van der Waals surface area contributed by atoms with Crippen LogP contribution in [-0.4, -0.2) is 46.0 Å². The van der Waals surface area contributed by atoms with E-state index >= 15 is 4.39 Å². The van der Waals surface area contributed by atoms with Gasteiger partial charge in [-0.3, -0.25) is 9.10 Å². The number of rotatable bonds is 13. The minimum absolute atomic E-state index is 0.143. The summed E-state index contributed by atoms with van der Waals surface area (Å²) < 4.78 is 69.6. The first-order valence-electron chi connectivity index (χ1n) is 14.0. The van der Waals surface area contributed by atoms with Gasteiger partial charge in [0.15, 0.2) is 0 Å². The molecule has 0 aliphatic carbocycles. The highest BCUT2D eigenvalue weighted by molar-refractivity contribution is 7.92. The van der Waals surface area contributed by atoms with Crippen molar-refractivity contribution >= 4 is 33.2 Å². The predicted molar refractivity (Wildman–Crippen MR) is 167 cm³/mol. The molecule has 1 amide bonds. The monoisotopic (exact) mass is 642 g/mol. The second kappa shape index (κ2) is 14.5. The molecular weight excluding hydrogens is 610 g/mol. The van der Waals surface area contributed by atoms with Crippen LogP contribution in [0, 0.1) is 11.6 Å². The van der Waals surface area contributed by atoms with Crippen molar-refractivity contribution in [3.8, 4) is 11.5 Å². The lowest BCUT2D eigenvalue weighted by Crippen LogP contribution is -2.34. The smallest absolute Gasteiger partial charge is 0.264 e. The summed E-state index contributed by atoms with van der Waals surface area (Å²) in [5.41, 5.74) is 0.520. The lowest BCUT2D eigenvalue weighted by molar-refractivity contribution is 0.0787. The molecule has 4 aromatic rings. The molecule has 44 heavy (non-hydrogen) atoms. The maximum absolute atomic E-state index is 15.1. The largest absolute Gasteiger partial charge is 0.494 e. The molecule has 4 aromatic carbocycles. The van der Waals surface area contributed by atoms with E-state index in [1.807, 2.05) is 6.92 Å². The fourth-order valence-corrected chi connectivity index (χ4v) is 6.43. The Kier molecular flexibility index (Phi) is 10.8. The summed E-state index contributed by atoms with van der Waals surface area (Å²) in [6.07, 6.45) is 0.479. The summed E-state index contributed by atoms with van der Waals surface area (Å²) in [5.74, 6) is -0.795. The number of hydrogen-bond acceptors (Lipinski definition) is 5. The number of halogens is 3. The molecule has 0 fully saturated rings. The molecule has 1 atom stereocenters. The Balaban J connectivity index is 1.53. The first-order valence-corrected chi connectivity index (χ1v) is 15.8. The Bertz CT molecular complexity index is 1690. The van der Waals surface area contributed by atoms with Gasteiger partial charge >= 0.3 is 0 Å². The average molecular weight is 643 g/mol. The van der Waals surface area contributed by atoms with Crippen LogP contribution in [0.1, 0.15) is 42.2 Å². The van der Waals surface area contributed by atoms with E-state index in [4.69, 9.17) is 21.1 Å². The number of nitrogens with zero attached hydrogens (tertiary/aromatic N) is 2. The molecule has 7 nitrogen and oxygen atoms in total. The summed E-state index contributed by atoms with van der Waals surface area (Å²) in [6, 6.07) is 20.8. The van der Waals surface area contributed by atoms with E-state index in [2.05, 4.69) is 0 Å². The molecule has 0 aliphatic rings. The summed E-state index contributed by atoms with van der Waals surface area (Å²) in [5, 5.41) is 0.325. The van der Waals surface area contributed by atoms with Crippen molar-refractivity contribution in [1.82, 2.24) is 4.90 Å². The van der Waals surface area contributed by atoms with Crippen molar-refractivity contribution in [3.63, 3.8) is 0 Å². The summed E-state index contributed by atoms with van der Waals surface area (Å²) in [6.45, 7) is 4.60. The van der Waals surface area contributed by atoms with Crippen LogP contribution in [-0.2, 0) is 10.0 Å². The molecule has 0 spiro atoms. The quantitative estimate of drug-likeness (QED) is 0.141. The lowest BCUT2D eigenvalue weighted by Gasteiger charge is -2.32. The van der Waals surface area contributed by atoms with Crippen molar-refractivity contribution in [2.75, 3.05) is 31.1 Å². The van der Waals surface area contributed by atoms with Crippen molar-refractivity contribution in [2.45, 2.75) is 31.2 Å². The van der Waals surface area contributed by atoms with E-state index in [1.165, 1.54) is 24.3 Å². The number of carbonyl (C=O) groups is 1. The molecule has 0 aromatic heterocycles. The molecule has 1 unspecified atom stereocenters. The third-order valence-corrected chi connectivity index (χ3v) is 9.04. The van der Waals surface area contributed by atoms with Crippen LogP contribution in [0.4, 0.5) is 14.5 Å². The molecule has 0 N–H and O–H groups in total. The maximum Gasteiger partial charge on any atom is 0.264 e. The zero-order valence-electron chi connectivity index (χ0n) is 24.5. The van der Waals surface area contributed by atoms with Crippen molar-refractivity contribution in [2.24, 2.45) is 0 Å². The second-order valence-corrected chi connectivity index (χ2v) is 12.2. The van der Waals surface area contributed by atoms with Gasteiger partial charge in [-0.1, -0.05) is 29.8 Å². The van der Waals surface area contributed by atoms with Crippen LogP contribution in [0.25, 0.3) is 0 Å². The van der Waals surface area contributed by atoms with Gasteiger partial charge in [0.05, 0.1) is 29.8 Å². The van der Waals surface area contributed by atoms with E-state index in [9.17, 15) is 17.6 Å². The van der Waals surface area contributed by atoms with Crippen LogP contribution in [0.2, 0.25) is 5.02 Å². The van der Waals surface area contributed by atoms with E-state index in [0.717, 1.165) is 22.5 Å². The van der Waals surface area contributed by atoms with Crippen molar-refractivity contribution in [1.29, 1.82) is 0 Å². The van der Waals surface area contributed by atoms with E-state index < -0.39 is 33.4 Å². The Morgan fingerprint density at radius 3 is 2.30 bits per heavy atom. The minimum Gasteiger partial charge on any atom is -0.494 e. The maximum atomic E-state index is 15.1. The molecule has 11 heteroatoms. The number of anilines is 1. The zero-order chi connectivity index (χ0) is 31.9. The first-order chi connectivity index (χ1) is 21.0.